The van der Waals surface area contributed by atoms with Gasteiger partial charge in [0.15, 0.2) is 0 Å². The molecule has 0 radical (unpaired) electrons. The van der Waals surface area contributed by atoms with Crippen molar-refractivity contribution in [2.45, 2.75) is 0 Å². The van der Waals surface area contributed by atoms with Crippen LogP contribution in [0.15, 0.2) is 218 Å². The molecular weight excluding hydrogens is 638 g/mol. The Balaban J connectivity index is 1.67. The molecule has 0 bridgehead atoms. The molecule has 0 spiro atoms. The van der Waals surface area contributed by atoms with Crippen molar-refractivity contribution in [3.05, 3.63) is 218 Å². The van der Waals surface area contributed by atoms with Gasteiger partial charge in [0.05, 0.1) is 0 Å². The van der Waals surface area contributed by atoms with E-state index >= 15 is 0 Å². The van der Waals surface area contributed by atoms with Crippen LogP contribution in [0.5, 0.6) is 0 Å². The fourth-order valence-corrected chi connectivity index (χ4v) is 16.4. The number of hydrogen-bond donors (Lipinski definition) is 0. The van der Waals surface area contributed by atoms with E-state index in [0.29, 0.717) is 0 Å². The van der Waals surface area contributed by atoms with Gasteiger partial charge < -0.3 is 0 Å². The maximum absolute atomic E-state index is 3.85. The number of hydrogen-bond acceptors (Lipinski definition) is 0. The van der Waals surface area contributed by atoms with Crippen LogP contribution in [-0.2, 0) is 0 Å². The molecule has 240 valence electrons. The van der Waals surface area contributed by atoms with Crippen LogP contribution < -0.4 is 21.2 Å². The Morgan fingerprint density at radius 2 is 0.400 bits per heavy atom. The summed E-state index contributed by atoms with van der Waals surface area (Å²) in [6.07, 6.45) is -3.85. The summed E-state index contributed by atoms with van der Waals surface area (Å²) < 4.78 is 0. The Bertz CT molecular complexity index is 2040. The van der Waals surface area contributed by atoms with Gasteiger partial charge in [-0.2, -0.15) is 0 Å². The summed E-state index contributed by atoms with van der Waals surface area (Å²) in [4.78, 5) is 0. The van der Waals surface area contributed by atoms with Crippen molar-refractivity contribution in [2.75, 3.05) is 0 Å². The molecule has 0 aliphatic carbocycles. The molecule has 0 saturated heterocycles. The fourth-order valence-electron chi connectivity index (χ4n) is 7.74. The van der Waals surface area contributed by atoms with E-state index in [1.54, 1.807) is 0 Å². The third-order valence-electron chi connectivity index (χ3n) is 9.96. The molecule has 1 unspecified atom stereocenters. The van der Waals surface area contributed by atoms with E-state index in [9.17, 15) is 0 Å². The van der Waals surface area contributed by atoms with Crippen molar-refractivity contribution in [3.63, 3.8) is 0 Å². The first-order valence-electron chi connectivity index (χ1n) is 17.1. The van der Waals surface area contributed by atoms with E-state index in [1.165, 1.54) is 65.7 Å². The Morgan fingerprint density at radius 3 is 0.620 bits per heavy atom. The Kier molecular flexibility index (Phi) is 8.60. The minimum atomic E-state index is -3.85. The van der Waals surface area contributed by atoms with Gasteiger partial charge in [-0.1, -0.05) is 0 Å². The van der Waals surface area contributed by atoms with Gasteiger partial charge in [-0.15, -0.1) is 0 Å². The van der Waals surface area contributed by atoms with Gasteiger partial charge >= 0.3 is 299 Å². The van der Waals surface area contributed by atoms with E-state index in [1.807, 2.05) is 0 Å². The molecule has 50 heavy (non-hydrogen) atoms. The van der Waals surface area contributed by atoms with Crippen molar-refractivity contribution >= 4 is 36.4 Å². The molecule has 1 atom stereocenters. The van der Waals surface area contributed by atoms with Gasteiger partial charge in [0.2, 0.25) is 0 Å². The van der Waals surface area contributed by atoms with E-state index < -0.39 is 6.29 Å². The standard InChI is InChI=1S/C48H38P2/c49-50(45-33-17-13-29-41(45)37-21-5-1-6-22-37,46-34-18-14-30-42(46)38-23-7-2-8-24-38,47-35-19-15-31-43(47)39-25-9-3-10-26-39)48-36-20-16-32-44(48)40-27-11-4-12-28-40/h1-36H,49H2. The maximum atomic E-state index is 3.70. The molecule has 0 aromatic heterocycles. The second-order valence-corrected chi connectivity index (χ2v) is 20.1. The molecule has 0 fully saturated rings. The van der Waals surface area contributed by atoms with E-state index in [4.69, 9.17) is 0 Å². The van der Waals surface area contributed by atoms with Crippen LogP contribution in [0.4, 0.5) is 0 Å². The average molecular weight is 677 g/mol. The van der Waals surface area contributed by atoms with Gasteiger partial charge in [-0.05, 0) is 0 Å². The SMILES string of the molecule is PP(c1ccccc1-c1ccccc1)(c1ccccc1-c1ccccc1)(c1ccccc1-c1ccccc1)c1ccccc1-c1ccccc1. The third-order valence-corrected chi connectivity index (χ3v) is 18.9. The van der Waals surface area contributed by atoms with Crippen molar-refractivity contribution in [1.82, 2.24) is 0 Å². The van der Waals surface area contributed by atoms with Crippen LogP contribution in [0.1, 0.15) is 0 Å². The molecule has 0 saturated carbocycles. The molecular formula is C48H38P2. The summed E-state index contributed by atoms with van der Waals surface area (Å²) in [6, 6.07) is 80.2. The van der Waals surface area contributed by atoms with Crippen LogP contribution in [0.3, 0.4) is 0 Å². The molecule has 2 heteroatoms. The predicted octanol–water partition coefficient (Wildman–Crippen LogP) is 11.3. The number of benzene rings is 8. The Hall–Kier alpha value is -5.38. The summed E-state index contributed by atoms with van der Waals surface area (Å²) in [6.45, 7) is 0. The topological polar surface area (TPSA) is 0 Å². The molecule has 0 amide bonds. The fraction of sp³-hybridized carbons (Fsp3) is 0. The zero-order chi connectivity index (χ0) is 33.8. The average Bonchev–Trinajstić information content (AvgIpc) is 3.22. The Morgan fingerprint density at radius 1 is 0.220 bits per heavy atom. The van der Waals surface area contributed by atoms with Crippen molar-refractivity contribution < 1.29 is 0 Å². The summed E-state index contributed by atoms with van der Waals surface area (Å²) in [5.74, 6) is 0. The van der Waals surface area contributed by atoms with Gasteiger partial charge in [-0.3, -0.25) is 0 Å². The first-order chi connectivity index (χ1) is 24.7. The minimum absolute atomic E-state index is 1.20. The zero-order valence-corrected chi connectivity index (χ0v) is 29.9. The predicted molar refractivity (Wildman–Crippen MR) is 223 cm³/mol. The first-order valence-corrected chi connectivity index (χ1v) is 21.0. The van der Waals surface area contributed by atoms with Gasteiger partial charge in [0, 0.05) is 0 Å². The van der Waals surface area contributed by atoms with Crippen LogP contribution in [-0.4, -0.2) is 0 Å². The quantitative estimate of drug-likeness (QED) is 0.141. The van der Waals surface area contributed by atoms with Crippen molar-refractivity contribution in [2.24, 2.45) is 0 Å². The summed E-state index contributed by atoms with van der Waals surface area (Å²) in [5, 5.41) is 5.24. The van der Waals surface area contributed by atoms with Crippen molar-refractivity contribution in [1.29, 1.82) is 0 Å². The normalized spacial score (nSPS) is 12.1. The number of rotatable bonds is 8. The van der Waals surface area contributed by atoms with Gasteiger partial charge in [-0.25, -0.2) is 0 Å². The summed E-state index contributed by atoms with van der Waals surface area (Å²) in [7, 11) is 3.70. The molecule has 0 aliphatic heterocycles. The van der Waals surface area contributed by atoms with Crippen molar-refractivity contribution in [3.8, 4) is 44.5 Å². The third kappa shape index (κ3) is 5.25. The van der Waals surface area contributed by atoms with E-state index in [0.717, 1.165) is 0 Å². The van der Waals surface area contributed by atoms with E-state index in [2.05, 4.69) is 227 Å². The van der Waals surface area contributed by atoms with Crippen LogP contribution in [0, 0.1) is 0 Å². The molecule has 8 aromatic carbocycles. The van der Waals surface area contributed by atoms with Crippen LogP contribution >= 0.6 is 15.2 Å². The monoisotopic (exact) mass is 676 g/mol. The molecule has 0 aliphatic rings. The molecule has 0 heterocycles. The van der Waals surface area contributed by atoms with Crippen LogP contribution in [0.2, 0.25) is 0 Å². The molecule has 0 N–H and O–H groups in total. The molecule has 0 nitrogen and oxygen atoms in total. The van der Waals surface area contributed by atoms with E-state index in [-0.39, 0.29) is 0 Å². The second-order valence-electron chi connectivity index (χ2n) is 12.7. The summed E-state index contributed by atoms with van der Waals surface area (Å²) in [5.41, 5.74) is 9.72. The van der Waals surface area contributed by atoms with Gasteiger partial charge in [0.25, 0.3) is 0 Å². The second kappa shape index (κ2) is 13.5. The zero-order valence-electron chi connectivity index (χ0n) is 27.8. The molecule has 8 aromatic rings. The molecule has 8 rings (SSSR count). The summed E-state index contributed by atoms with van der Waals surface area (Å²) >= 11 is 0. The van der Waals surface area contributed by atoms with Crippen LogP contribution in [0.25, 0.3) is 44.5 Å². The van der Waals surface area contributed by atoms with Gasteiger partial charge in [0.1, 0.15) is 0 Å². The first kappa shape index (κ1) is 31.9. The Labute approximate surface area is 298 Å².